The van der Waals surface area contributed by atoms with Crippen molar-refractivity contribution >= 4 is 22.6 Å². The summed E-state index contributed by atoms with van der Waals surface area (Å²) >= 11 is 2.52. The Bertz CT molecular complexity index is 135. The normalized spacial score (nSPS) is 45.0. The first-order chi connectivity index (χ1) is 5.31. The number of hydrogen-bond donors (Lipinski definition) is 1. The van der Waals surface area contributed by atoms with E-state index in [2.05, 4.69) is 27.9 Å². The summed E-state index contributed by atoms with van der Waals surface area (Å²) in [6.07, 6.45) is 3.88. The van der Waals surface area contributed by atoms with Crippen LogP contribution in [0.25, 0.3) is 0 Å². The van der Waals surface area contributed by atoms with Gasteiger partial charge in [0.15, 0.2) is 0 Å². The fourth-order valence-corrected chi connectivity index (χ4v) is 2.43. The Morgan fingerprint density at radius 1 is 1.45 bits per heavy atom. The summed E-state index contributed by atoms with van der Waals surface area (Å²) in [4.78, 5) is 0. The molecule has 0 radical (unpaired) electrons. The minimum atomic E-state index is 0.377. The maximum atomic E-state index is 5.41. The number of ether oxygens (including phenoxy) is 1. The molecule has 2 unspecified atom stereocenters. The molecule has 2 heterocycles. The topological polar surface area (TPSA) is 21.3 Å². The highest BCUT2D eigenvalue weighted by molar-refractivity contribution is 14.1. The third-order valence-electron chi connectivity index (χ3n) is 2.74. The minimum Gasteiger partial charge on any atom is -0.379 e. The fraction of sp³-hybridized carbons (Fsp3) is 1.00. The van der Waals surface area contributed by atoms with Crippen molar-refractivity contribution in [1.29, 1.82) is 0 Å². The first-order valence-corrected chi connectivity index (χ1v) is 5.52. The van der Waals surface area contributed by atoms with Crippen LogP contribution in [0.5, 0.6) is 0 Å². The van der Waals surface area contributed by atoms with Crippen LogP contribution in [0.2, 0.25) is 0 Å². The molecule has 1 N–H and O–H groups in total. The van der Waals surface area contributed by atoms with Gasteiger partial charge < -0.3 is 10.1 Å². The third-order valence-corrected chi connectivity index (χ3v) is 3.80. The van der Waals surface area contributed by atoms with Crippen LogP contribution in [-0.2, 0) is 4.74 Å². The molecule has 0 aromatic carbocycles. The predicted molar refractivity (Wildman–Crippen MR) is 53.2 cm³/mol. The lowest BCUT2D eigenvalue weighted by atomic mass is 9.88. The molecule has 2 aliphatic rings. The maximum absolute atomic E-state index is 5.41. The average Bonchev–Trinajstić information content (AvgIpc) is 2.45. The highest BCUT2D eigenvalue weighted by atomic mass is 127. The first kappa shape index (κ1) is 8.26. The van der Waals surface area contributed by atoms with Gasteiger partial charge in [-0.25, -0.2) is 0 Å². The monoisotopic (exact) mass is 267 g/mol. The van der Waals surface area contributed by atoms with Crippen LogP contribution in [0.4, 0.5) is 0 Å². The molecule has 64 valence electrons. The van der Waals surface area contributed by atoms with E-state index in [1.165, 1.54) is 25.8 Å². The molecule has 2 nitrogen and oxygen atoms in total. The summed E-state index contributed by atoms with van der Waals surface area (Å²) < 4.78 is 6.24. The van der Waals surface area contributed by atoms with E-state index in [1.54, 1.807) is 0 Å². The Balaban J connectivity index is 1.94. The van der Waals surface area contributed by atoms with Crippen molar-refractivity contribution in [3.63, 3.8) is 0 Å². The van der Waals surface area contributed by atoms with E-state index in [9.17, 15) is 0 Å². The Labute approximate surface area is 81.2 Å². The van der Waals surface area contributed by atoms with Gasteiger partial charge in [0.2, 0.25) is 0 Å². The van der Waals surface area contributed by atoms with Crippen molar-refractivity contribution in [3.8, 4) is 0 Å². The number of alkyl halides is 1. The zero-order chi connectivity index (χ0) is 7.73. The highest BCUT2D eigenvalue weighted by Gasteiger charge is 2.37. The van der Waals surface area contributed by atoms with E-state index >= 15 is 0 Å². The Morgan fingerprint density at radius 2 is 2.36 bits per heavy atom. The fourth-order valence-electron chi connectivity index (χ4n) is 1.89. The van der Waals surface area contributed by atoms with Crippen LogP contribution in [0, 0.1) is 0 Å². The quantitative estimate of drug-likeness (QED) is 0.528. The molecular formula is C8H14INO. The summed E-state index contributed by atoms with van der Waals surface area (Å²) in [5.41, 5.74) is 0.377. The zero-order valence-corrected chi connectivity index (χ0v) is 8.76. The van der Waals surface area contributed by atoms with E-state index < -0.39 is 0 Å². The lowest BCUT2D eigenvalue weighted by Gasteiger charge is -2.35. The van der Waals surface area contributed by atoms with Crippen molar-refractivity contribution in [2.45, 2.75) is 28.7 Å². The maximum Gasteiger partial charge on any atom is 0.0649 e. The van der Waals surface area contributed by atoms with Gasteiger partial charge >= 0.3 is 0 Å². The molecule has 2 fully saturated rings. The minimum absolute atomic E-state index is 0.377. The largest absolute Gasteiger partial charge is 0.379 e. The lowest BCUT2D eigenvalue weighted by molar-refractivity contribution is 0.155. The molecule has 0 bridgehead atoms. The SMILES string of the molecule is IC1CCC2(CCOC2)NC1. The second-order valence-corrected chi connectivity index (χ2v) is 5.36. The summed E-state index contributed by atoms with van der Waals surface area (Å²) in [5, 5.41) is 3.61. The summed E-state index contributed by atoms with van der Waals surface area (Å²) in [5.74, 6) is 0. The molecule has 2 aliphatic heterocycles. The van der Waals surface area contributed by atoms with Crippen molar-refractivity contribution in [2.24, 2.45) is 0 Å². The molecule has 0 saturated carbocycles. The Morgan fingerprint density at radius 3 is 2.91 bits per heavy atom. The number of rotatable bonds is 0. The summed E-state index contributed by atoms with van der Waals surface area (Å²) in [7, 11) is 0. The van der Waals surface area contributed by atoms with E-state index in [4.69, 9.17) is 4.74 Å². The van der Waals surface area contributed by atoms with Crippen molar-refractivity contribution in [1.82, 2.24) is 5.32 Å². The van der Waals surface area contributed by atoms with Gasteiger partial charge in [-0.1, -0.05) is 22.6 Å². The van der Waals surface area contributed by atoms with Gasteiger partial charge in [0.1, 0.15) is 0 Å². The summed E-state index contributed by atoms with van der Waals surface area (Å²) in [6.45, 7) is 3.07. The van der Waals surface area contributed by atoms with Gasteiger partial charge in [-0.3, -0.25) is 0 Å². The van der Waals surface area contributed by atoms with E-state index in [-0.39, 0.29) is 0 Å². The number of hydrogen-bond acceptors (Lipinski definition) is 2. The zero-order valence-electron chi connectivity index (χ0n) is 6.61. The molecular weight excluding hydrogens is 253 g/mol. The van der Waals surface area contributed by atoms with Gasteiger partial charge in [0, 0.05) is 22.6 Å². The van der Waals surface area contributed by atoms with Crippen molar-refractivity contribution < 1.29 is 4.74 Å². The number of piperidine rings is 1. The van der Waals surface area contributed by atoms with Crippen LogP contribution in [0.1, 0.15) is 19.3 Å². The van der Waals surface area contributed by atoms with Gasteiger partial charge in [-0.05, 0) is 19.3 Å². The van der Waals surface area contributed by atoms with Crippen LogP contribution in [0.15, 0.2) is 0 Å². The second-order valence-electron chi connectivity index (χ2n) is 3.60. The van der Waals surface area contributed by atoms with Crippen LogP contribution < -0.4 is 5.32 Å². The standard InChI is InChI=1S/C8H14INO/c9-7-1-2-8(10-5-7)3-4-11-6-8/h7,10H,1-6H2. The molecule has 0 aromatic heterocycles. The van der Waals surface area contributed by atoms with Gasteiger partial charge in [-0.15, -0.1) is 0 Å². The molecule has 1 spiro atoms. The number of halogens is 1. The molecule has 2 saturated heterocycles. The first-order valence-electron chi connectivity index (χ1n) is 4.28. The molecule has 0 aromatic rings. The average molecular weight is 267 g/mol. The van der Waals surface area contributed by atoms with Crippen molar-refractivity contribution in [3.05, 3.63) is 0 Å². The Hall–Kier alpha value is 0.650. The molecule has 0 amide bonds. The van der Waals surface area contributed by atoms with E-state index in [1.807, 2.05) is 0 Å². The van der Waals surface area contributed by atoms with E-state index in [0.29, 0.717) is 5.54 Å². The van der Waals surface area contributed by atoms with Gasteiger partial charge in [0.25, 0.3) is 0 Å². The summed E-state index contributed by atoms with van der Waals surface area (Å²) in [6, 6.07) is 0. The third kappa shape index (κ3) is 1.70. The van der Waals surface area contributed by atoms with Crippen LogP contribution in [-0.4, -0.2) is 29.2 Å². The predicted octanol–water partition coefficient (Wildman–Crippen LogP) is 1.33. The molecule has 11 heavy (non-hydrogen) atoms. The lowest BCUT2D eigenvalue weighted by Crippen LogP contribution is -2.52. The number of nitrogens with one attached hydrogen (secondary N) is 1. The van der Waals surface area contributed by atoms with Crippen molar-refractivity contribution in [2.75, 3.05) is 19.8 Å². The highest BCUT2D eigenvalue weighted by Crippen LogP contribution is 2.29. The molecule has 0 aliphatic carbocycles. The van der Waals surface area contributed by atoms with Crippen LogP contribution >= 0.6 is 22.6 Å². The molecule has 3 heteroatoms. The molecule has 2 atom stereocenters. The van der Waals surface area contributed by atoms with E-state index in [0.717, 1.165) is 17.1 Å². The smallest absolute Gasteiger partial charge is 0.0649 e. The second kappa shape index (κ2) is 3.18. The van der Waals surface area contributed by atoms with Gasteiger partial charge in [-0.2, -0.15) is 0 Å². The Kier molecular flexibility index (Phi) is 2.39. The molecule has 2 rings (SSSR count). The van der Waals surface area contributed by atoms with Gasteiger partial charge in [0.05, 0.1) is 6.61 Å². The van der Waals surface area contributed by atoms with Crippen LogP contribution in [0.3, 0.4) is 0 Å².